The molecule has 1 N–H and O–H groups in total. The molecule has 0 aliphatic carbocycles. The number of anilines is 1. The lowest BCUT2D eigenvalue weighted by Crippen LogP contribution is -2.53. The Bertz CT molecular complexity index is 1110. The molecule has 0 bridgehead atoms. The number of nitrogens with one attached hydrogen (secondary N) is 1. The molecule has 7 heteroatoms. The van der Waals surface area contributed by atoms with Crippen LogP contribution >= 0.6 is 0 Å². The highest BCUT2D eigenvalue weighted by atomic mass is 16.5. The van der Waals surface area contributed by atoms with E-state index in [1.165, 1.54) is 0 Å². The first kappa shape index (κ1) is 21.9. The van der Waals surface area contributed by atoms with Crippen molar-refractivity contribution in [1.82, 2.24) is 20.4 Å². The van der Waals surface area contributed by atoms with Crippen molar-refractivity contribution in [2.24, 2.45) is 0 Å². The summed E-state index contributed by atoms with van der Waals surface area (Å²) in [6, 6.07) is 10.5. The van der Waals surface area contributed by atoms with Gasteiger partial charge in [0.1, 0.15) is 11.6 Å². The second-order valence-electron chi connectivity index (χ2n) is 9.45. The number of pyridine rings is 1. The van der Waals surface area contributed by atoms with Crippen LogP contribution in [-0.2, 0) is 0 Å². The molecule has 2 fully saturated rings. The molecule has 0 spiro atoms. The van der Waals surface area contributed by atoms with E-state index in [0.29, 0.717) is 19.0 Å². The second-order valence-corrected chi connectivity index (χ2v) is 9.45. The number of aromatic nitrogens is 2. The lowest BCUT2D eigenvalue weighted by molar-refractivity contribution is 0.179. The Hall–Kier alpha value is -2.93. The second kappa shape index (κ2) is 9.51. The zero-order valence-corrected chi connectivity index (χ0v) is 19.6. The van der Waals surface area contributed by atoms with Gasteiger partial charge in [-0.1, -0.05) is 29.8 Å². The standard InChI is InChI=1S/C26H33N5O2/c1-18-6-5-7-21-9-13-28-25(24(18)21)31(22-8-3-4-12-27-17-22)26(32)30-14-10-20(11-15-30)23-16-19(2)29-33-23/h5-7,9,13,16,20,22,27H,3-4,8,10-12,14-15,17H2,1-2H3. The number of hydrogen-bond donors (Lipinski definition) is 1. The molecule has 5 rings (SSSR count). The summed E-state index contributed by atoms with van der Waals surface area (Å²) in [7, 11) is 0. The van der Waals surface area contributed by atoms with E-state index in [4.69, 9.17) is 9.51 Å². The number of carbonyl (C=O) groups is 1. The summed E-state index contributed by atoms with van der Waals surface area (Å²) >= 11 is 0. The Labute approximate surface area is 195 Å². The van der Waals surface area contributed by atoms with E-state index in [9.17, 15) is 4.79 Å². The number of aryl methyl sites for hydroxylation is 2. The molecule has 7 nitrogen and oxygen atoms in total. The zero-order chi connectivity index (χ0) is 22.8. The molecular weight excluding hydrogens is 414 g/mol. The summed E-state index contributed by atoms with van der Waals surface area (Å²) in [5, 5.41) is 9.78. The van der Waals surface area contributed by atoms with Crippen molar-refractivity contribution in [2.75, 3.05) is 31.1 Å². The van der Waals surface area contributed by atoms with Gasteiger partial charge in [-0.05, 0) is 63.1 Å². The van der Waals surface area contributed by atoms with Gasteiger partial charge in [0.05, 0.1) is 11.7 Å². The first-order chi connectivity index (χ1) is 16.1. The minimum Gasteiger partial charge on any atom is -0.361 e. The van der Waals surface area contributed by atoms with Gasteiger partial charge in [-0.2, -0.15) is 0 Å². The van der Waals surface area contributed by atoms with Crippen LogP contribution in [0.25, 0.3) is 10.8 Å². The number of piperidine rings is 1. The number of fused-ring (bicyclic) bond motifs is 1. The van der Waals surface area contributed by atoms with Crippen LogP contribution in [0, 0.1) is 13.8 Å². The molecule has 4 heterocycles. The molecule has 33 heavy (non-hydrogen) atoms. The largest absolute Gasteiger partial charge is 0.361 e. The molecular formula is C26H33N5O2. The third kappa shape index (κ3) is 4.47. The van der Waals surface area contributed by atoms with Crippen LogP contribution in [0.5, 0.6) is 0 Å². The number of rotatable bonds is 3. The van der Waals surface area contributed by atoms with Crippen LogP contribution in [0.1, 0.15) is 55.0 Å². The minimum absolute atomic E-state index is 0.0687. The number of benzene rings is 1. The van der Waals surface area contributed by atoms with Crippen LogP contribution in [0.15, 0.2) is 41.1 Å². The number of hydrogen-bond acceptors (Lipinski definition) is 5. The monoisotopic (exact) mass is 447 g/mol. The third-order valence-electron chi connectivity index (χ3n) is 7.11. The molecule has 1 atom stereocenters. The molecule has 2 saturated heterocycles. The maximum Gasteiger partial charge on any atom is 0.325 e. The molecule has 2 aromatic heterocycles. The average molecular weight is 448 g/mol. The van der Waals surface area contributed by atoms with Crippen LogP contribution in [-0.4, -0.2) is 53.3 Å². The highest BCUT2D eigenvalue weighted by Gasteiger charge is 2.34. The maximum atomic E-state index is 14.1. The van der Waals surface area contributed by atoms with Gasteiger partial charge in [0.2, 0.25) is 0 Å². The van der Waals surface area contributed by atoms with Crippen LogP contribution < -0.4 is 10.2 Å². The zero-order valence-electron chi connectivity index (χ0n) is 19.6. The Balaban J connectivity index is 1.45. The maximum absolute atomic E-state index is 14.1. The highest BCUT2D eigenvalue weighted by Crippen LogP contribution is 2.33. The predicted molar refractivity (Wildman–Crippen MR) is 130 cm³/mol. The van der Waals surface area contributed by atoms with Crippen molar-refractivity contribution in [3.05, 3.63) is 53.5 Å². The summed E-state index contributed by atoms with van der Waals surface area (Å²) in [4.78, 5) is 22.8. The van der Waals surface area contributed by atoms with Gasteiger partial charge in [-0.3, -0.25) is 4.90 Å². The lowest BCUT2D eigenvalue weighted by Gasteiger charge is -2.38. The molecule has 2 aliphatic rings. The van der Waals surface area contributed by atoms with Crippen molar-refractivity contribution in [2.45, 2.75) is 57.9 Å². The number of likely N-dealkylation sites (tertiary alicyclic amines) is 1. The van der Waals surface area contributed by atoms with E-state index in [0.717, 1.165) is 78.8 Å². The van der Waals surface area contributed by atoms with Gasteiger partial charge in [0, 0.05) is 43.2 Å². The fraction of sp³-hybridized carbons (Fsp3) is 0.500. The molecule has 3 aromatic rings. The van der Waals surface area contributed by atoms with Crippen molar-refractivity contribution >= 4 is 22.6 Å². The van der Waals surface area contributed by atoms with Gasteiger partial charge < -0.3 is 14.7 Å². The Morgan fingerprint density at radius 1 is 1.15 bits per heavy atom. The van der Waals surface area contributed by atoms with Crippen LogP contribution in [0.2, 0.25) is 0 Å². The van der Waals surface area contributed by atoms with Crippen molar-refractivity contribution in [3.63, 3.8) is 0 Å². The normalized spacial score (nSPS) is 20.1. The minimum atomic E-state index is 0.0687. The molecule has 1 unspecified atom stereocenters. The summed E-state index contributed by atoms with van der Waals surface area (Å²) < 4.78 is 5.50. The van der Waals surface area contributed by atoms with Gasteiger partial charge in [0.25, 0.3) is 0 Å². The van der Waals surface area contributed by atoms with E-state index >= 15 is 0 Å². The number of carbonyl (C=O) groups excluding carboxylic acids is 1. The van der Waals surface area contributed by atoms with E-state index in [1.54, 1.807) is 0 Å². The lowest BCUT2D eigenvalue weighted by atomic mass is 9.94. The first-order valence-electron chi connectivity index (χ1n) is 12.2. The van der Waals surface area contributed by atoms with Gasteiger partial charge in [-0.25, -0.2) is 9.78 Å². The average Bonchev–Trinajstić information content (AvgIpc) is 3.09. The van der Waals surface area contributed by atoms with E-state index in [1.807, 2.05) is 35.1 Å². The highest BCUT2D eigenvalue weighted by molar-refractivity contribution is 6.03. The van der Waals surface area contributed by atoms with Crippen molar-refractivity contribution in [3.8, 4) is 0 Å². The summed E-state index contributed by atoms with van der Waals surface area (Å²) in [6.45, 7) is 7.27. The SMILES string of the molecule is Cc1cc(C2CCN(C(=O)N(c3nccc4cccc(C)c34)C3CCCCNC3)CC2)on1. The molecule has 1 aromatic carbocycles. The van der Waals surface area contributed by atoms with Gasteiger partial charge in [-0.15, -0.1) is 0 Å². The molecule has 2 aliphatic heterocycles. The summed E-state index contributed by atoms with van der Waals surface area (Å²) in [5.41, 5.74) is 2.06. The molecule has 0 saturated carbocycles. The predicted octanol–water partition coefficient (Wildman–Crippen LogP) is 4.79. The van der Waals surface area contributed by atoms with Crippen molar-refractivity contribution < 1.29 is 9.32 Å². The Morgan fingerprint density at radius 2 is 2.00 bits per heavy atom. The Morgan fingerprint density at radius 3 is 2.79 bits per heavy atom. The summed E-state index contributed by atoms with van der Waals surface area (Å²) in [5.74, 6) is 2.05. The number of urea groups is 1. The van der Waals surface area contributed by atoms with E-state index in [-0.39, 0.29) is 12.1 Å². The molecule has 2 amide bonds. The fourth-order valence-corrected chi connectivity index (χ4v) is 5.29. The quantitative estimate of drug-likeness (QED) is 0.625. The van der Waals surface area contributed by atoms with Gasteiger partial charge >= 0.3 is 6.03 Å². The van der Waals surface area contributed by atoms with E-state index < -0.39 is 0 Å². The Kier molecular flexibility index (Phi) is 6.31. The smallest absolute Gasteiger partial charge is 0.325 e. The van der Waals surface area contributed by atoms with Crippen molar-refractivity contribution in [1.29, 1.82) is 0 Å². The van der Waals surface area contributed by atoms with E-state index in [2.05, 4.69) is 35.6 Å². The molecule has 174 valence electrons. The number of nitrogens with zero attached hydrogens (tertiary/aromatic N) is 4. The summed E-state index contributed by atoms with van der Waals surface area (Å²) in [6.07, 6.45) is 6.84. The fourth-order valence-electron chi connectivity index (χ4n) is 5.29. The van der Waals surface area contributed by atoms with Crippen LogP contribution in [0.3, 0.4) is 0 Å². The molecule has 0 radical (unpaired) electrons. The third-order valence-corrected chi connectivity index (χ3v) is 7.11. The van der Waals surface area contributed by atoms with Gasteiger partial charge in [0.15, 0.2) is 0 Å². The topological polar surface area (TPSA) is 74.5 Å². The first-order valence-corrected chi connectivity index (χ1v) is 12.2. The van der Waals surface area contributed by atoms with Crippen LogP contribution in [0.4, 0.5) is 10.6 Å². The number of amides is 2.